The fourth-order valence-corrected chi connectivity index (χ4v) is 5.77. The fourth-order valence-electron chi connectivity index (χ4n) is 4.34. The van der Waals surface area contributed by atoms with Crippen molar-refractivity contribution < 1.29 is 22.7 Å². The molecule has 1 heterocycles. The molecular weight excluding hydrogens is 502 g/mol. The molecule has 2 amide bonds. The predicted molar refractivity (Wildman–Crippen MR) is 146 cm³/mol. The Hall–Kier alpha value is -3.85. The van der Waals surface area contributed by atoms with E-state index in [9.17, 15) is 18.0 Å². The maximum Gasteiger partial charge on any atom is 0.264 e. The van der Waals surface area contributed by atoms with E-state index in [2.05, 4.69) is 5.32 Å². The molecule has 1 aliphatic heterocycles. The van der Waals surface area contributed by atoms with Crippen LogP contribution in [0.3, 0.4) is 0 Å². The van der Waals surface area contributed by atoms with Gasteiger partial charge in [-0.05, 0) is 67.8 Å². The largest absolute Gasteiger partial charge is 0.494 e. The molecule has 3 aromatic rings. The number of rotatable bonds is 11. The van der Waals surface area contributed by atoms with Crippen LogP contribution in [0.5, 0.6) is 5.75 Å². The van der Waals surface area contributed by atoms with Gasteiger partial charge in [-0.2, -0.15) is 0 Å². The lowest BCUT2D eigenvalue weighted by atomic mass is 10.1. The van der Waals surface area contributed by atoms with Gasteiger partial charge in [-0.25, -0.2) is 8.42 Å². The standard InChI is InChI=1S/C29H33N3O5S/c1-3-37-26-13-15-27(16-14-26)38(35,36)32(25-11-9-22(2)10-12-25)21-28(33)30-19-23-6-4-7-24(18-23)20-31-17-5-8-29(31)34/h4,6-7,9-16,18H,3,5,8,17,19-21H2,1-2H3,(H,30,33). The number of carbonyl (C=O) groups excluding carboxylic acids is 2. The molecule has 1 N–H and O–H groups in total. The minimum absolute atomic E-state index is 0.0680. The summed E-state index contributed by atoms with van der Waals surface area (Å²) in [5.41, 5.74) is 3.24. The molecule has 9 heteroatoms. The molecule has 0 aromatic heterocycles. The number of ether oxygens (including phenoxy) is 1. The Morgan fingerprint density at radius 2 is 1.74 bits per heavy atom. The summed E-state index contributed by atoms with van der Waals surface area (Å²) in [6.45, 7) is 5.41. The Labute approximate surface area is 224 Å². The predicted octanol–water partition coefficient (Wildman–Crippen LogP) is 4.03. The van der Waals surface area contributed by atoms with Crippen molar-refractivity contribution in [3.63, 3.8) is 0 Å². The van der Waals surface area contributed by atoms with Gasteiger partial charge >= 0.3 is 0 Å². The van der Waals surface area contributed by atoms with Crippen molar-refractivity contribution in [2.75, 3.05) is 24.0 Å². The Morgan fingerprint density at radius 1 is 1.03 bits per heavy atom. The number of hydrogen-bond acceptors (Lipinski definition) is 5. The van der Waals surface area contributed by atoms with E-state index in [4.69, 9.17) is 4.74 Å². The van der Waals surface area contributed by atoms with Crippen molar-refractivity contribution in [1.82, 2.24) is 10.2 Å². The highest BCUT2D eigenvalue weighted by Gasteiger charge is 2.27. The third-order valence-electron chi connectivity index (χ3n) is 6.36. The van der Waals surface area contributed by atoms with Gasteiger partial charge in [-0.3, -0.25) is 13.9 Å². The summed E-state index contributed by atoms with van der Waals surface area (Å²) in [6.07, 6.45) is 1.47. The number of nitrogens with zero attached hydrogens (tertiary/aromatic N) is 2. The molecule has 4 rings (SSSR count). The molecule has 1 saturated heterocycles. The zero-order valence-electron chi connectivity index (χ0n) is 21.7. The smallest absolute Gasteiger partial charge is 0.264 e. The van der Waals surface area contributed by atoms with E-state index in [1.54, 1.807) is 24.3 Å². The second kappa shape index (κ2) is 12.1. The molecule has 0 spiro atoms. The van der Waals surface area contributed by atoms with Crippen LogP contribution in [-0.4, -0.2) is 44.8 Å². The SMILES string of the molecule is CCOc1ccc(S(=O)(=O)N(CC(=O)NCc2cccc(CN3CCCC3=O)c2)c2ccc(C)cc2)cc1. The molecule has 0 radical (unpaired) electrons. The number of nitrogens with one attached hydrogen (secondary N) is 1. The number of likely N-dealkylation sites (tertiary alicyclic amines) is 1. The average Bonchev–Trinajstić information content (AvgIpc) is 3.31. The lowest BCUT2D eigenvalue weighted by molar-refractivity contribution is -0.128. The number of benzene rings is 3. The monoisotopic (exact) mass is 535 g/mol. The summed E-state index contributed by atoms with van der Waals surface area (Å²) in [5.74, 6) is 0.302. The molecule has 0 saturated carbocycles. The maximum absolute atomic E-state index is 13.6. The third-order valence-corrected chi connectivity index (χ3v) is 8.15. The van der Waals surface area contributed by atoms with E-state index < -0.39 is 15.9 Å². The maximum atomic E-state index is 13.6. The van der Waals surface area contributed by atoms with Crippen LogP contribution in [0, 0.1) is 6.92 Å². The van der Waals surface area contributed by atoms with E-state index in [1.807, 2.05) is 55.1 Å². The number of amides is 2. The van der Waals surface area contributed by atoms with Crippen molar-refractivity contribution in [2.24, 2.45) is 0 Å². The summed E-state index contributed by atoms with van der Waals surface area (Å²) in [5, 5.41) is 2.84. The van der Waals surface area contributed by atoms with Gasteiger partial charge in [0.2, 0.25) is 11.8 Å². The highest BCUT2D eigenvalue weighted by Crippen LogP contribution is 2.25. The van der Waals surface area contributed by atoms with Crippen molar-refractivity contribution in [2.45, 2.75) is 44.7 Å². The van der Waals surface area contributed by atoms with Crippen molar-refractivity contribution in [3.05, 3.63) is 89.5 Å². The zero-order valence-corrected chi connectivity index (χ0v) is 22.5. The highest BCUT2D eigenvalue weighted by molar-refractivity contribution is 7.92. The van der Waals surface area contributed by atoms with Gasteiger partial charge in [0.05, 0.1) is 17.2 Å². The fraction of sp³-hybridized carbons (Fsp3) is 0.310. The molecule has 0 bridgehead atoms. The molecule has 1 aliphatic rings. The zero-order chi connectivity index (χ0) is 27.1. The minimum atomic E-state index is -4.02. The molecule has 200 valence electrons. The van der Waals surface area contributed by atoms with Gasteiger partial charge in [0.1, 0.15) is 12.3 Å². The van der Waals surface area contributed by atoms with E-state index in [-0.39, 0.29) is 23.9 Å². The van der Waals surface area contributed by atoms with Crippen molar-refractivity contribution in [1.29, 1.82) is 0 Å². The summed E-state index contributed by atoms with van der Waals surface area (Å²) in [7, 11) is -4.02. The first-order valence-electron chi connectivity index (χ1n) is 12.7. The molecular formula is C29H33N3O5S. The molecule has 0 atom stereocenters. The quantitative estimate of drug-likeness (QED) is 0.400. The van der Waals surface area contributed by atoms with Crippen LogP contribution in [0.1, 0.15) is 36.5 Å². The molecule has 0 aliphatic carbocycles. The van der Waals surface area contributed by atoms with Gasteiger partial charge in [0.25, 0.3) is 10.0 Å². The Morgan fingerprint density at radius 3 is 2.39 bits per heavy atom. The molecule has 0 unspecified atom stereocenters. The average molecular weight is 536 g/mol. The number of aryl methyl sites for hydroxylation is 1. The van der Waals surface area contributed by atoms with Crippen LogP contribution in [0.15, 0.2) is 77.7 Å². The Bertz CT molecular complexity index is 1370. The van der Waals surface area contributed by atoms with Crippen LogP contribution in [0.4, 0.5) is 5.69 Å². The lowest BCUT2D eigenvalue weighted by Crippen LogP contribution is -2.40. The van der Waals surface area contributed by atoms with E-state index >= 15 is 0 Å². The van der Waals surface area contributed by atoms with Crippen molar-refractivity contribution >= 4 is 27.5 Å². The van der Waals surface area contributed by atoms with E-state index in [0.29, 0.717) is 31.0 Å². The molecule has 1 fully saturated rings. The number of hydrogen-bond donors (Lipinski definition) is 1. The normalized spacial score (nSPS) is 13.4. The molecule has 3 aromatic carbocycles. The van der Waals surface area contributed by atoms with Crippen molar-refractivity contribution in [3.8, 4) is 5.75 Å². The minimum Gasteiger partial charge on any atom is -0.494 e. The third kappa shape index (κ3) is 6.72. The Kier molecular flexibility index (Phi) is 8.68. The van der Waals surface area contributed by atoms with Gasteiger partial charge in [0.15, 0.2) is 0 Å². The Balaban J connectivity index is 1.48. The van der Waals surface area contributed by atoms with Crippen LogP contribution in [0.25, 0.3) is 0 Å². The van der Waals surface area contributed by atoms with Crippen LogP contribution in [-0.2, 0) is 32.7 Å². The van der Waals surface area contributed by atoms with Crippen LogP contribution >= 0.6 is 0 Å². The summed E-state index contributed by atoms with van der Waals surface area (Å²) >= 11 is 0. The highest BCUT2D eigenvalue weighted by atomic mass is 32.2. The molecule has 38 heavy (non-hydrogen) atoms. The number of carbonyl (C=O) groups is 2. The number of sulfonamides is 1. The second-order valence-electron chi connectivity index (χ2n) is 9.27. The summed E-state index contributed by atoms with van der Waals surface area (Å²) < 4.78 is 33.8. The van der Waals surface area contributed by atoms with E-state index in [0.717, 1.165) is 34.0 Å². The number of anilines is 1. The van der Waals surface area contributed by atoms with E-state index in [1.165, 1.54) is 12.1 Å². The first-order valence-corrected chi connectivity index (χ1v) is 14.1. The van der Waals surface area contributed by atoms with Gasteiger partial charge < -0.3 is 15.0 Å². The van der Waals surface area contributed by atoms with Crippen LogP contribution < -0.4 is 14.4 Å². The molecule has 8 nitrogen and oxygen atoms in total. The van der Waals surface area contributed by atoms with Crippen LogP contribution in [0.2, 0.25) is 0 Å². The summed E-state index contributed by atoms with van der Waals surface area (Å²) in [6, 6.07) is 20.9. The first-order chi connectivity index (χ1) is 18.3. The first kappa shape index (κ1) is 27.2. The lowest BCUT2D eigenvalue weighted by Gasteiger charge is -2.24. The summed E-state index contributed by atoms with van der Waals surface area (Å²) in [4.78, 5) is 26.9. The van der Waals surface area contributed by atoms with Gasteiger partial charge in [-0.15, -0.1) is 0 Å². The second-order valence-corrected chi connectivity index (χ2v) is 11.1. The topological polar surface area (TPSA) is 96.0 Å². The van der Waals surface area contributed by atoms with Gasteiger partial charge in [0, 0.05) is 26.1 Å². The van der Waals surface area contributed by atoms with Gasteiger partial charge in [-0.1, -0.05) is 42.0 Å².